The normalized spacial score (nSPS) is 16.5. The van der Waals surface area contributed by atoms with E-state index in [0.717, 1.165) is 22.5 Å². The summed E-state index contributed by atoms with van der Waals surface area (Å²) in [4.78, 5) is 16.3. The lowest BCUT2D eigenvalue weighted by molar-refractivity contribution is -0.116. The van der Waals surface area contributed by atoms with Gasteiger partial charge in [0.2, 0.25) is 5.91 Å². The lowest BCUT2D eigenvalue weighted by Crippen LogP contribution is -2.25. The summed E-state index contributed by atoms with van der Waals surface area (Å²) in [6, 6.07) is 11.5. The highest BCUT2D eigenvalue weighted by Gasteiger charge is 2.30. The van der Waals surface area contributed by atoms with E-state index in [9.17, 15) is 4.79 Å². The van der Waals surface area contributed by atoms with Crippen molar-refractivity contribution in [3.05, 3.63) is 76.7 Å². The van der Waals surface area contributed by atoms with Crippen LogP contribution in [0.25, 0.3) is 0 Å². The van der Waals surface area contributed by atoms with Crippen LogP contribution in [-0.4, -0.2) is 20.7 Å². The molecule has 1 aliphatic heterocycles. The van der Waals surface area contributed by atoms with Gasteiger partial charge in [0.05, 0.1) is 12.7 Å². The summed E-state index contributed by atoms with van der Waals surface area (Å²) in [5, 5.41) is 8.10. The second-order valence-corrected chi connectivity index (χ2v) is 6.20. The van der Waals surface area contributed by atoms with Crippen LogP contribution in [0.3, 0.4) is 0 Å². The second-order valence-electron chi connectivity index (χ2n) is 5.79. The van der Waals surface area contributed by atoms with Crippen molar-refractivity contribution in [1.82, 2.24) is 14.8 Å². The van der Waals surface area contributed by atoms with Crippen molar-refractivity contribution in [2.45, 2.75) is 18.9 Å². The molecule has 0 saturated carbocycles. The smallest absolute Gasteiger partial charge is 0.226 e. The van der Waals surface area contributed by atoms with E-state index in [-0.39, 0.29) is 11.8 Å². The molecule has 0 spiro atoms. The molecule has 3 aromatic rings. The molecule has 0 aliphatic carbocycles. The topological polar surface area (TPSA) is 59.8 Å². The summed E-state index contributed by atoms with van der Waals surface area (Å²) in [6.45, 7) is 0.509. The van der Waals surface area contributed by atoms with Gasteiger partial charge in [0.1, 0.15) is 5.82 Å². The molecule has 6 heteroatoms. The van der Waals surface area contributed by atoms with E-state index in [4.69, 9.17) is 11.6 Å². The predicted octanol–water partition coefficient (Wildman–Crippen LogP) is 3.45. The fraction of sp³-hybridized carbons (Fsp3) is 0.167. The van der Waals surface area contributed by atoms with Gasteiger partial charge in [-0.2, -0.15) is 5.10 Å². The number of hydrogen-bond acceptors (Lipinski definition) is 3. The van der Waals surface area contributed by atoms with Gasteiger partial charge < -0.3 is 5.32 Å². The fourth-order valence-corrected chi connectivity index (χ4v) is 3.25. The number of benzene rings is 1. The highest BCUT2D eigenvalue weighted by atomic mass is 35.5. The first-order valence-electron chi connectivity index (χ1n) is 7.71. The minimum atomic E-state index is -0.0255. The number of fused-ring (bicyclic) bond motifs is 1. The van der Waals surface area contributed by atoms with Crippen LogP contribution in [-0.2, 0) is 11.3 Å². The van der Waals surface area contributed by atoms with E-state index in [0.29, 0.717) is 18.0 Å². The maximum absolute atomic E-state index is 12.2. The minimum absolute atomic E-state index is 0.0164. The second kappa shape index (κ2) is 6.09. The van der Waals surface area contributed by atoms with Crippen LogP contribution in [0.2, 0.25) is 5.02 Å². The number of aromatic nitrogens is 3. The Balaban J connectivity index is 1.72. The first-order valence-corrected chi connectivity index (χ1v) is 8.09. The molecule has 0 saturated heterocycles. The Hall–Kier alpha value is -2.66. The summed E-state index contributed by atoms with van der Waals surface area (Å²) >= 11 is 6.24. The summed E-state index contributed by atoms with van der Waals surface area (Å²) in [7, 11) is 0. The number of anilines is 1. The molecule has 0 fully saturated rings. The molecule has 3 heterocycles. The number of carbonyl (C=O) groups excluding carboxylic acids is 1. The van der Waals surface area contributed by atoms with Crippen molar-refractivity contribution in [3.63, 3.8) is 0 Å². The van der Waals surface area contributed by atoms with Gasteiger partial charge in [0.15, 0.2) is 0 Å². The molecule has 0 bridgehead atoms. The third kappa shape index (κ3) is 2.67. The maximum atomic E-state index is 12.2. The third-order valence-electron chi connectivity index (χ3n) is 4.26. The van der Waals surface area contributed by atoms with E-state index < -0.39 is 0 Å². The molecule has 24 heavy (non-hydrogen) atoms. The molecular weight excluding hydrogens is 324 g/mol. The van der Waals surface area contributed by atoms with Crippen LogP contribution in [0.4, 0.5) is 5.82 Å². The molecule has 120 valence electrons. The van der Waals surface area contributed by atoms with E-state index in [1.54, 1.807) is 17.1 Å². The van der Waals surface area contributed by atoms with Crippen molar-refractivity contribution in [3.8, 4) is 0 Å². The van der Waals surface area contributed by atoms with Gasteiger partial charge in [-0.25, -0.2) is 4.68 Å². The van der Waals surface area contributed by atoms with Crippen molar-refractivity contribution in [2.24, 2.45) is 0 Å². The number of rotatable bonds is 3. The predicted molar refractivity (Wildman–Crippen MR) is 92.1 cm³/mol. The highest BCUT2D eigenvalue weighted by molar-refractivity contribution is 6.31. The van der Waals surface area contributed by atoms with Gasteiger partial charge in [-0.3, -0.25) is 9.78 Å². The SMILES string of the molecule is O=C1C[C@H](c2cccnc2)c2cnn(Cc3ccccc3Cl)c2N1. The summed E-state index contributed by atoms with van der Waals surface area (Å²) in [5.74, 6) is 0.694. The van der Waals surface area contributed by atoms with Crippen LogP contribution in [0.15, 0.2) is 55.0 Å². The number of hydrogen-bond donors (Lipinski definition) is 1. The number of nitrogens with one attached hydrogen (secondary N) is 1. The number of pyridine rings is 1. The number of nitrogens with zero attached hydrogens (tertiary/aromatic N) is 3. The molecule has 5 nitrogen and oxygen atoms in total. The van der Waals surface area contributed by atoms with E-state index >= 15 is 0 Å². The third-order valence-corrected chi connectivity index (χ3v) is 4.62. The molecule has 1 atom stereocenters. The Labute approximate surface area is 144 Å². The fourth-order valence-electron chi connectivity index (χ4n) is 3.06. The lowest BCUT2D eigenvalue weighted by Gasteiger charge is -2.23. The number of amides is 1. The molecule has 4 rings (SSSR count). The van der Waals surface area contributed by atoms with Gasteiger partial charge in [-0.05, 0) is 23.3 Å². The summed E-state index contributed by atoms with van der Waals surface area (Å²) < 4.78 is 1.79. The Morgan fingerprint density at radius 1 is 1.21 bits per heavy atom. The molecule has 1 aromatic carbocycles. The zero-order valence-electron chi connectivity index (χ0n) is 12.8. The standard InChI is InChI=1S/C18H15ClN4O/c19-16-6-2-1-4-13(16)11-23-18-15(10-21-23)14(8-17(24)22-18)12-5-3-7-20-9-12/h1-7,9-10,14H,8,11H2,(H,22,24)/t14-/m1/s1. The zero-order valence-corrected chi connectivity index (χ0v) is 13.6. The van der Waals surface area contributed by atoms with E-state index in [2.05, 4.69) is 15.4 Å². The largest absolute Gasteiger partial charge is 0.311 e. The minimum Gasteiger partial charge on any atom is -0.311 e. The Morgan fingerprint density at radius 3 is 2.88 bits per heavy atom. The molecule has 1 aliphatic rings. The Bertz CT molecular complexity index is 891. The van der Waals surface area contributed by atoms with Gasteiger partial charge in [-0.15, -0.1) is 0 Å². The first-order chi connectivity index (χ1) is 11.7. The molecule has 1 amide bonds. The van der Waals surface area contributed by atoms with Gasteiger partial charge in [-0.1, -0.05) is 35.9 Å². The average Bonchev–Trinajstić information content (AvgIpc) is 3.00. The Morgan fingerprint density at radius 2 is 2.08 bits per heavy atom. The molecular formula is C18H15ClN4O. The summed E-state index contributed by atoms with van der Waals surface area (Å²) in [5.41, 5.74) is 2.99. The molecule has 1 N–H and O–H groups in total. The monoisotopic (exact) mass is 338 g/mol. The lowest BCUT2D eigenvalue weighted by atomic mass is 9.88. The van der Waals surface area contributed by atoms with Gasteiger partial charge in [0, 0.05) is 35.3 Å². The van der Waals surface area contributed by atoms with Crippen molar-refractivity contribution in [1.29, 1.82) is 0 Å². The molecule has 2 aromatic heterocycles. The van der Waals surface area contributed by atoms with Crippen molar-refractivity contribution >= 4 is 23.3 Å². The van der Waals surface area contributed by atoms with Crippen LogP contribution in [0.5, 0.6) is 0 Å². The zero-order chi connectivity index (χ0) is 16.5. The van der Waals surface area contributed by atoms with Gasteiger partial charge >= 0.3 is 0 Å². The first kappa shape index (κ1) is 14.9. The summed E-state index contributed by atoms with van der Waals surface area (Å²) in [6.07, 6.45) is 5.76. The van der Waals surface area contributed by atoms with Gasteiger partial charge in [0.25, 0.3) is 0 Å². The van der Waals surface area contributed by atoms with Crippen LogP contribution in [0, 0.1) is 0 Å². The quantitative estimate of drug-likeness (QED) is 0.795. The van der Waals surface area contributed by atoms with E-state index in [1.165, 1.54) is 0 Å². The number of halogens is 1. The maximum Gasteiger partial charge on any atom is 0.226 e. The van der Waals surface area contributed by atoms with Crippen LogP contribution in [0.1, 0.15) is 29.0 Å². The van der Waals surface area contributed by atoms with Crippen LogP contribution < -0.4 is 5.32 Å². The van der Waals surface area contributed by atoms with Crippen molar-refractivity contribution < 1.29 is 4.79 Å². The van der Waals surface area contributed by atoms with E-state index in [1.807, 2.05) is 42.6 Å². The Kier molecular flexibility index (Phi) is 3.78. The molecule has 0 unspecified atom stereocenters. The number of carbonyl (C=O) groups is 1. The highest BCUT2D eigenvalue weighted by Crippen LogP contribution is 2.37. The average molecular weight is 339 g/mol. The van der Waals surface area contributed by atoms with Crippen molar-refractivity contribution in [2.75, 3.05) is 5.32 Å². The molecule has 0 radical (unpaired) electrons. The van der Waals surface area contributed by atoms with Crippen LogP contribution >= 0.6 is 11.6 Å².